The van der Waals surface area contributed by atoms with Crippen molar-refractivity contribution >= 4 is 0 Å². The summed E-state index contributed by atoms with van der Waals surface area (Å²) in [5.41, 5.74) is 0. The molecule has 0 aliphatic heterocycles. The summed E-state index contributed by atoms with van der Waals surface area (Å²) >= 11 is 0. The molecule has 1 fully saturated rings. The van der Waals surface area contributed by atoms with Gasteiger partial charge in [0.25, 0.3) is 0 Å². The number of aliphatic hydroxyl groups excluding tert-OH is 1. The molecular formula is C8H14O. The maximum atomic E-state index is 8.79. The second-order valence-electron chi connectivity index (χ2n) is 2.77. The van der Waals surface area contributed by atoms with Gasteiger partial charge in [-0.15, -0.1) is 6.58 Å². The van der Waals surface area contributed by atoms with Crippen molar-refractivity contribution in [1.29, 1.82) is 0 Å². The van der Waals surface area contributed by atoms with E-state index in [2.05, 4.69) is 6.58 Å². The standard InChI is InChI=1S/C8H14O/c1-2-7(6-9)8-4-3-5-8/h2,7-9H,1,3-6H2. The minimum atomic E-state index is 0.286. The van der Waals surface area contributed by atoms with Crippen molar-refractivity contribution in [3.63, 3.8) is 0 Å². The van der Waals surface area contributed by atoms with Gasteiger partial charge in [-0.05, 0) is 18.8 Å². The summed E-state index contributed by atoms with van der Waals surface area (Å²) in [7, 11) is 0. The molecule has 52 valence electrons. The maximum Gasteiger partial charge on any atom is 0.0496 e. The van der Waals surface area contributed by atoms with E-state index in [1.165, 1.54) is 19.3 Å². The van der Waals surface area contributed by atoms with Gasteiger partial charge in [0.2, 0.25) is 0 Å². The topological polar surface area (TPSA) is 20.2 Å². The summed E-state index contributed by atoms with van der Waals surface area (Å²) < 4.78 is 0. The first-order chi connectivity index (χ1) is 4.38. The van der Waals surface area contributed by atoms with E-state index in [1.807, 2.05) is 6.08 Å². The molecular weight excluding hydrogens is 112 g/mol. The van der Waals surface area contributed by atoms with Gasteiger partial charge in [-0.25, -0.2) is 0 Å². The minimum absolute atomic E-state index is 0.286. The number of hydrogen-bond donors (Lipinski definition) is 1. The normalized spacial score (nSPS) is 22.8. The van der Waals surface area contributed by atoms with E-state index < -0.39 is 0 Å². The third-order valence-electron chi connectivity index (χ3n) is 2.27. The van der Waals surface area contributed by atoms with Gasteiger partial charge in [0.15, 0.2) is 0 Å². The third-order valence-corrected chi connectivity index (χ3v) is 2.27. The van der Waals surface area contributed by atoms with Gasteiger partial charge in [-0.1, -0.05) is 12.5 Å². The van der Waals surface area contributed by atoms with Gasteiger partial charge in [-0.3, -0.25) is 0 Å². The molecule has 1 unspecified atom stereocenters. The molecule has 0 spiro atoms. The van der Waals surface area contributed by atoms with Gasteiger partial charge in [0, 0.05) is 12.5 Å². The van der Waals surface area contributed by atoms with E-state index in [-0.39, 0.29) is 6.61 Å². The summed E-state index contributed by atoms with van der Waals surface area (Å²) in [5, 5.41) is 8.79. The van der Waals surface area contributed by atoms with Crippen LogP contribution in [-0.4, -0.2) is 11.7 Å². The van der Waals surface area contributed by atoms with Crippen molar-refractivity contribution in [3.05, 3.63) is 12.7 Å². The second-order valence-corrected chi connectivity index (χ2v) is 2.77. The Labute approximate surface area is 56.4 Å². The fourth-order valence-corrected chi connectivity index (χ4v) is 1.28. The zero-order valence-corrected chi connectivity index (χ0v) is 5.71. The molecule has 0 aromatic rings. The van der Waals surface area contributed by atoms with Crippen LogP contribution in [-0.2, 0) is 0 Å². The Morgan fingerprint density at radius 1 is 1.67 bits per heavy atom. The van der Waals surface area contributed by atoms with Crippen molar-refractivity contribution in [2.75, 3.05) is 6.61 Å². The Balaban J connectivity index is 2.27. The van der Waals surface area contributed by atoms with E-state index >= 15 is 0 Å². The van der Waals surface area contributed by atoms with Crippen molar-refractivity contribution in [2.24, 2.45) is 11.8 Å². The maximum absolute atomic E-state index is 8.79. The number of aliphatic hydroxyl groups is 1. The lowest BCUT2D eigenvalue weighted by atomic mass is 9.76. The highest BCUT2D eigenvalue weighted by Gasteiger charge is 2.23. The first-order valence-corrected chi connectivity index (χ1v) is 3.62. The average Bonchev–Trinajstić information content (AvgIpc) is 1.78. The third kappa shape index (κ3) is 1.33. The Bertz CT molecular complexity index is 94.7. The number of rotatable bonds is 3. The van der Waals surface area contributed by atoms with Crippen LogP contribution in [0.15, 0.2) is 12.7 Å². The smallest absolute Gasteiger partial charge is 0.0496 e. The summed E-state index contributed by atoms with van der Waals surface area (Å²) in [4.78, 5) is 0. The van der Waals surface area contributed by atoms with Crippen molar-refractivity contribution in [2.45, 2.75) is 19.3 Å². The Kier molecular flexibility index (Phi) is 2.29. The molecule has 1 saturated carbocycles. The summed E-state index contributed by atoms with van der Waals surface area (Å²) in [6.45, 7) is 3.96. The van der Waals surface area contributed by atoms with Crippen LogP contribution < -0.4 is 0 Å². The van der Waals surface area contributed by atoms with Gasteiger partial charge in [-0.2, -0.15) is 0 Å². The van der Waals surface area contributed by atoms with E-state index in [4.69, 9.17) is 5.11 Å². The lowest BCUT2D eigenvalue weighted by Gasteiger charge is -2.30. The summed E-state index contributed by atoms with van der Waals surface area (Å²) in [6, 6.07) is 0. The lowest BCUT2D eigenvalue weighted by molar-refractivity contribution is 0.156. The SMILES string of the molecule is C=CC(CO)C1CCC1. The highest BCUT2D eigenvalue weighted by atomic mass is 16.3. The number of hydrogen-bond acceptors (Lipinski definition) is 1. The van der Waals surface area contributed by atoms with Crippen molar-refractivity contribution in [3.8, 4) is 0 Å². The quantitative estimate of drug-likeness (QED) is 0.569. The van der Waals surface area contributed by atoms with Crippen LogP contribution in [0, 0.1) is 11.8 Å². The van der Waals surface area contributed by atoms with E-state index in [1.54, 1.807) is 0 Å². The Morgan fingerprint density at radius 3 is 2.44 bits per heavy atom. The van der Waals surface area contributed by atoms with E-state index in [9.17, 15) is 0 Å². The van der Waals surface area contributed by atoms with Crippen LogP contribution >= 0.6 is 0 Å². The molecule has 0 amide bonds. The van der Waals surface area contributed by atoms with Crippen molar-refractivity contribution in [1.82, 2.24) is 0 Å². The zero-order valence-electron chi connectivity index (χ0n) is 5.71. The highest BCUT2D eigenvalue weighted by Crippen LogP contribution is 2.33. The van der Waals surface area contributed by atoms with Crippen LogP contribution in [0.4, 0.5) is 0 Å². The van der Waals surface area contributed by atoms with Crippen LogP contribution in [0.3, 0.4) is 0 Å². The molecule has 1 rings (SSSR count). The molecule has 0 radical (unpaired) electrons. The molecule has 0 bridgehead atoms. The molecule has 0 aromatic heterocycles. The average molecular weight is 126 g/mol. The van der Waals surface area contributed by atoms with Crippen LogP contribution in [0.2, 0.25) is 0 Å². The Morgan fingerprint density at radius 2 is 2.33 bits per heavy atom. The summed E-state index contributed by atoms with van der Waals surface area (Å²) in [5.74, 6) is 1.12. The van der Waals surface area contributed by atoms with E-state index in [0.29, 0.717) is 5.92 Å². The van der Waals surface area contributed by atoms with Gasteiger partial charge < -0.3 is 5.11 Å². The largest absolute Gasteiger partial charge is 0.396 e. The molecule has 1 atom stereocenters. The molecule has 1 N–H and O–H groups in total. The minimum Gasteiger partial charge on any atom is -0.396 e. The molecule has 9 heavy (non-hydrogen) atoms. The predicted molar refractivity (Wildman–Crippen MR) is 38.1 cm³/mol. The first kappa shape index (κ1) is 6.81. The molecule has 1 aliphatic carbocycles. The molecule has 1 nitrogen and oxygen atoms in total. The Hall–Kier alpha value is -0.300. The fraction of sp³-hybridized carbons (Fsp3) is 0.750. The molecule has 1 heteroatoms. The van der Waals surface area contributed by atoms with E-state index in [0.717, 1.165) is 5.92 Å². The van der Waals surface area contributed by atoms with Gasteiger partial charge in [0.05, 0.1) is 0 Å². The highest BCUT2D eigenvalue weighted by molar-refractivity contribution is 4.87. The monoisotopic (exact) mass is 126 g/mol. The fourth-order valence-electron chi connectivity index (χ4n) is 1.28. The van der Waals surface area contributed by atoms with Crippen LogP contribution in [0.1, 0.15) is 19.3 Å². The molecule has 0 heterocycles. The van der Waals surface area contributed by atoms with Gasteiger partial charge >= 0.3 is 0 Å². The zero-order chi connectivity index (χ0) is 6.69. The molecule has 1 aliphatic rings. The first-order valence-electron chi connectivity index (χ1n) is 3.62. The predicted octanol–water partition coefficient (Wildman–Crippen LogP) is 1.58. The van der Waals surface area contributed by atoms with Crippen molar-refractivity contribution < 1.29 is 5.11 Å². The van der Waals surface area contributed by atoms with Gasteiger partial charge in [0.1, 0.15) is 0 Å². The second kappa shape index (κ2) is 3.02. The lowest BCUT2D eigenvalue weighted by Crippen LogP contribution is -2.22. The van der Waals surface area contributed by atoms with Crippen LogP contribution in [0.25, 0.3) is 0 Å². The molecule has 0 saturated heterocycles. The molecule has 0 aromatic carbocycles. The van der Waals surface area contributed by atoms with Crippen LogP contribution in [0.5, 0.6) is 0 Å². The summed E-state index contributed by atoms with van der Waals surface area (Å²) in [6.07, 6.45) is 5.80.